The average molecular weight is 838 g/mol. The van der Waals surface area contributed by atoms with Crippen molar-refractivity contribution in [3.05, 3.63) is 87.2 Å². The molecule has 1 atom stereocenters. The summed E-state index contributed by atoms with van der Waals surface area (Å²) in [4.78, 5) is 61.8. The standard InChI is InChI=1S/C44H49ClFN9O5/c1-43(2)41(44(3,4)42(43)60-30-7-5-27(23-47)33(45)22-30)51-38(57)32-9-11-35(49-37(32)46)54-15-13-26(14-16-54)25-52-17-19-53(20-18-52)29-6-8-31-28(21-29)24-48-55(40(31)59)34-10-12-36(56)50-39(34)58/h5-9,11,21-22,24,26,34,41-42H,10,12-20,25H2,1-4H3,(H,51,57)(H,50,56,58)/t34-,41?,42?/m0/s1. The number of hydrogen-bond donors (Lipinski definition) is 2. The molecule has 5 heterocycles. The third-order valence-electron chi connectivity index (χ3n) is 13.0. The smallest absolute Gasteiger partial charge is 0.275 e. The molecule has 0 unspecified atom stereocenters. The normalized spacial score (nSPS) is 23.1. The Morgan fingerprint density at radius 3 is 2.37 bits per heavy atom. The Labute approximate surface area is 352 Å². The first-order chi connectivity index (χ1) is 28.6. The van der Waals surface area contributed by atoms with Gasteiger partial charge in [-0.15, -0.1) is 0 Å². The van der Waals surface area contributed by atoms with E-state index in [4.69, 9.17) is 16.3 Å². The van der Waals surface area contributed by atoms with Crippen LogP contribution in [0, 0.1) is 34.0 Å². The highest BCUT2D eigenvalue weighted by molar-refractivity contribution is 6.31. The van der Waals surface area contributed by atoms with E-state index in [-0.39, 0.29) is 42.0 Å². The first kappa shape index (κ1) is 41.2. The molecule has 60 heavy (non-hydrogen) atoms. The van der Waals surface area contributed by atoms with E-state index >= 15 is 4.39 Å². The summed E-state index contributed by atoms with van der Waals surface area (Å²) in [5.41, 5.74) is -0.0568. The van der Waals surface area contributed by atoms with Gasteiger partial charge < -0.3 is 19.9 Å². The molecule has 314 valence electrons. The third kappa shape index (κ3) is 7.78. The van der Waals surface area contributed by atoms with Crippen LogP contribution in [0.1, 0.15) is 75.3 Å². The maximum Gasteiger partial charge on any atom is 0.275 e. The molecular formula is C44H49ClFN9O5. The van der Waals surface area contributed by atoms with Crippen molar-refractivity contribution in [3.63, 3.8) is 0 Å². The first-order valence-corrected chi connectivity index (χ1v) is 20.9. The van der Waals surface area contributed by atoms with E-state index in [1.165, 1.54) is 10.7 Å². The van der Waals surface area contributed by atoms with Crippen molar-refractivity contribution >= 4 is 51.6 Å². The van der Waals surface area contributed by atoms with Crippen LogP contribution in [0.3, 0.4) is 0 Å². The summed E-state index contributed by atoms with van der Waals surface area (Å²) in [5, 5.41) is 20.4. The Morgan fingerprint density at radius 1 is 0.967 bits per heavy atom. The number of nitriles is 1. The van der Waals surface area contributed by atoms with E-state index in [1.54, 1.807) is 36.5 Å². The van der Waals surface area contributed by atoms with Crippen LogP contribution in [-0.2, 0) is 9.59 Å². The number of piperazine rings is 1. The highest BCUT2D eigenvalue weighted by Crippen LogP contribution is 2.55. The minimum Gasteiger partial charge on any atom is -0.489 e. The summed E-state index contributed by atoms with van der Waals surface area (Å²) < 4.78 is 23.0. The van der Waals surface area contributed by atoms with E-state index in [0.717, 1.165) is 64.3 Å². The van der Waals surface area contributed by atoms with Gasteiger partial charge in [-0.05, 0) is 67.6 Å². The zero-order chi connectivity index (χ0) is 42.5. The average Bonchev–Trinajstić information content (AvgIpc) is 3.22. The zero-order valence-corrected chi connectivity index (χ0v) is 35.0. The lowest BCUT2D eigenvalue weighted by atomic mass is 9.49. The lowest BCUT2D eigenvalue weighted by Crippen LogP contribution is -2.74. The van der Waals surface area contributed by atoms with Crippen LogP contribution in [0.5, 0.6) is 5.75 Å². The Bertz CT molecular complexity index is 2440. The number of carbonyl (C=O) groups is 3. The van der Waals surface area contributed by atoms with Crippen molar-refractivity contribution in [2.75, 3.05) is 55.6 Å². The minimum absolute atomic E-state index is 0.101. The minimum atomic E-state index is -0.800. The van der Waals surface area contributed by atoms with Crippen LogP contribution in [-0.4, -0.2) is 95.3 Å². The number of nitrogens with one attached hydrogen (secondary N) is 2. The number of anilines is 2. The summed E-state index contributed by atoms with van der Waals surface area (Å²) in [7, 11) is 0. The summed E-state index contributed by atoms with van der Waals surface area (Å²) in [6.07, 6.45) is 3.64. The van der Waals surface area contributed by atoms with E-state index in [0.29, 0.717) is 38.8 Å². The summed E-state index contributed by atoms with van der Waals surface area (Å²) in [6, 6.07) is 14.8. The van der Waals surface area contributed by atoms with Gasteiger partial charge in [0.05, 0.1) is 27.7 Å². The molecule has 3 saturated heterocycles. The molecule has 4 aliphatic rings. The number of pyridine rings is 1. The molecule has 0 spiro atoms. The summed E-state index contributed by atoms with van der Waals surface area (Å²) >= 11 is 6.23. The summed E-state index contributed by atoms with van der Waals surface area (Å²) in [6.45, 7) is 14.0. The van der Waals surface area contributed by atoms with E-state index in [2.05, 4.69) is 35.4 Å². The summed E-state index contributed by atoms with van der Waals surface area (Å²) in [5.74, 6) is -0.610. The number of rotatable bonds is 9. The zero-order valence-electron chi connectivity index (χ0n) is 34.2. The Kier molecular flexibility index (Phi) is 11.1. The van der Waals surface area contributed by atoms with Gasteiger partial charge in [-0.1, -0.05) is 39.3 Å². The molecule has 1 saturated carbocycles. The second kappa shape index (κ2) is 16.1. The topological polar surface area (TPSA) is 166 Å². The lowest BCUT2D eigenvalue weighted by Gasteiger charge is -2.63. The van der Waals surface area contributed by atoms with E-state index in [9.17, 15) is 24.4 Å². The molecule has 1 aliphatic carbocycles. The highest BCUT2D eigenvalue weighted by Gasteiger charge is 2.64. The third-order valence-corrected chi connectivity index (χ3v) is 13.3. The number of amides is 3. The molecule has 0 radical (unpaired) electrons. The fraction of sp³-hybridized carbons (Fsp3) is 0.477. The molecule has 3 aliphatic heterocycles. The Hall–Kier alpha value is -5.59. The number of imide groups is 1. The molecule has 3 amide bonds. The van der Waals surface area contributed by atoms with Crippen molar-refractivity contribution < 1.29 is 23.5 Å². The number of benzene rings is 2. The molecule has 14 nitrogen and oxygen atoms in total. The second-order valence-corrected chi connectivity index (χ2v) is 18.1. The first-order valence-electron chi connectivity index (χ1n) is 20.5. The molecule has 2 aromatic carbocycles. The molecule has 4 fully saturated rings. The van der Waals surface area contributed by atoms with Crippen molar-refractivity contribution in [1.29, 1.82) is 5.26 Å². The molecule has 2 aromatic heterocycles. The van der Waals surface area contributed by atoms with Crippen LogP contribution >= 0.6 is 11.6 Å². The molecule has 2 N–H and O–H groups in total. The second-order valence-electron chi connectivity index (χ2n) is 17.7. The molecular weight excluding hydrogens is 789 g/mol. The van der Waals surface area contributed by atoms with Gasteiger partial charge in [-0.2, -0.15) is 14.8 Å². The van der Waals surface area contributed by atoms with E-state index < -0.39 is 34.6 Å². The predicted octanol–water partition coefficient (Wildman–Crippen LogP) is 5.08. The van der Waals surface area contributed by atoms with Crippen molar-refractivity contribution in [3.8, 4) is 11.8 Å². The van der Waals surface area contributed by atoms with Gasteiger partial charge in [-0.3, -0.25) is 29.4 Å². The number of hydrogen-bond acceptors (Lipinski definition) is 11. The number of halogens is 2. The van der Waals surface area contributed by atoms with Gasteiger partial charge >= 0.3 is 0 Å². The lowest BCUT2D eigenvalue weighted by molar-refractivity contribution is -0.164. The van der Waals surface area contributed by atoms with Gasteiger partial charge in [0.2, 0.25) is 11.9 Å². The van der Waals surface area contributed by atoms with Crippen LogP contribution in [0.25, 0.3) is 10.8 Å². The number of nitrogens with zero attached hydrogens (tertiary/aromatic N) is 7. The number of piperidine rings is 2. The van der Waals surface area contributed by atoms with Gasteiger partial charge in [0, 0.05) is 86.2 Å². The predicted molar refractivity (Wildman–Crippen MR) is 225 cm³/mol. The quantitative estimate of drug-likeness (QED) is 0.171. The highest BCUT2D eigenvalue weighted by atomic mass is 35.5. The van der Waals surface area contributed by atoms with Gasteiger partial charge in [-0.25, -0.2) is 9.67 Å². The molecule has 0 bridgehead atoms. The van der Waals surface area contributed by atoms with Crippen molar-refractivity contribution in [2.24, 2.45) is 16.7 Å². The molecule has 16 heteroatoms. The van der Waals surface area contributed by atoms with Gasteiger partial charge in [0.1, 0.15) is 29.8 Å². The largest absolute Gasteiger partial charge is 0.489 e. The number of ether oxygens (including phenoxy) is 1. The van der Waals surface area contributed by atoms with Gasteiger partial charge in [0.15, 0.2) is 0 Å². The SMILES string of the molecule is CC1(C)C(NC(=O)c2ccc(N3CCC(CN4CCN(c5ccc6c(=O)n([C@H]7CCC(=O)NC7=O)ncc6c5)CC4)CC3)nc2F)C(C)(C)C1Oc1ccc(C#N)c(Cl)c1. The van der Waals surface area contributed by atoms with Crippen LogP contribution in [0.4, 0.5) is 15.9 Å². The van der Waals surface area contributed by atoms with Crippen LogP contribution in [0.15, 0.2) is 59.5 Å². The fourth-order valence-corrected chi connectivity index (χ4v) is 10.2. The van der Waals surface area contributed by atoms with E-state index in [1.807, 2.05) is 45.9 Å². The number of aromatic nitrogens is 3. The number of fused-ring (bicyclic) bond motifs is 1. The number of carbonyl (C=O) groups excluding carboxylic acids is 3. The van der Waals surface area contributed by atoms with Crippen molar-refractivity contribution in [2.45, 2.75) is 71.6 Å². The van der Waals surface area contributed by atoms with Gasteiger partial charge in [0.25, 0.3) is 17.4 Å². The van der Waals surface area contributed by atoms with Crippen LogP contribution in [0.2, 0.25) is 5.02 Å². The Balaban J connectivity index is 0.807. The van der Waals surface area contributed by atoms with Crippen molar-refractivity contribution in [1.82, 2.24) is 30.3 Å². The fourth-order valence-electron chi connectivity index (χ4n) is 9.96. The van der Waals surface area contributed by atoms with Crippen LogP contribution < -0.4 is 30.7 Å². The monoisotopic (exact) mass is 837 g/mol. The maximum absolute atomic E-state index is 15.5. The Morgan fingerprint density at radius 2 is 1.70 bits per heavy atom. The maximum atomic E-state index is 15.5. The molecule has 4 aromatic rings. The molecule has 8 rings (SSSR count).